The highest BCUT2D eigenvalue weighted by molar-refractivity contribution is 5.76. The second-order valence-electron chi connectivity index (χ2n) is 3.38. The predicted octanol–water partition coefficient (Wildman–Crippen LogP) is 1.55. The molecule has 17 heavy (non-hydrogen) atoms. The number of ether oxygens (including phenoxy) is 1. The van der Waals surface area contributed by atoms with Gasteiger partial charge >= 0.3 is 5.97 Å². The third-order valence-electron chi connectivity index (χ3n) is 2.33. The highest BCUT2D eigenvalue weighted by Gasteiger charge is 2.17. The van der Waals surface area contributed by atoms with Crippen LogP contribution in [0.3, 0.4) is 0 Å². The minimum absolute atomic E-state index is 0.465. The Morgan fingerprint density at radius 1 is 1.41 bits per heavy atom. The lowest BCUT2D eigenvalue weighted by Crippen LogP contribution is -2.13. The Morgan fingerprint density at radius 3 is 2.65 bits per heavy atom. The number of aromatic nitrogens is 1. The van der Waals surface area contributed by atoms with Gasteiger partial charge < -0.3 is 14.3 Å². The first-order valence-corrected chi connectivity index (χ1v) is 4.98. The van der Waals surface area contributed by atoms with E-state index < -0.39 is 12.1 Å². The molecule has 0 aliphatic rings. The molecule has 88 valence electrons. The van der Waals surface area contributed by atoms with Gasteiger partial charge in [-0.3, -0.25) is 0 Å². The second kappa shape index (κ2) is 4.80. The summed E-state index contributed by atoms with van der Waals surface area (Å²) in [5, 5.41) is 9.60. The van der Waals surface area contributed by atoms with Crippen molar-refractivity contribution in [2.24, 2.45) is 0 Å². The number of aliphatic hydroxyl groups is 1. The third kappa shape index (κ3) is 2.34. The fourth-order valence-corrected chi connectivity index (χ4v) is 1.42. The molecule has 0 aliphatic heterocycles. The molecule has 1 aromatic carbocycles. The van der Waals surface area contributed by atoms with Gasteiger partial charge in [-0.1, -0.05) is 12.1 Å². The third-order valence-corrected chi connectivity index (χ3v) is 2.33. The van der Waals surface area contributed by atoms with E-state index in [1.54, 1.807) is 30.5 Å². The molecule has 0 saturated carbocycles. The normalized spacial score (nSPS) is 12.1. The topological polar surface area (TPSA) is 72.6 Å². The van der Waals surface area contributed by atoms with Gasteiger partial charge in [-0.2, -0.15) is 0 Å². The van der Waals surface area contributed by atoms with Crippen LogP contribution in [0.25, 0.3) is 11.5 Å². The summed E-state index contributed by atoms with van der Waals surface area (Å²) in [6, 6.07) is 6.68. The molecule has 1 heterocycles. The minimum Gasteiger partial charge on any atom is -0.467 e. The van der Waals surface area contributed by atoms with Crippen LogP contribution >= 0.6 is 0 Å². The van der Waals surface area contributed by atoms with Crippen LogP contribution in [0.15, 0.2) is 41.1 Å². The van der Waals surface area contributed by atoms with Crippen LogP contribution in [-0.2, 0) is 9.53 Å². The van der Waals surface area contributed by atoms with Crippen LogP contribution in [0.2, 0.25) is 0 Å². The molecular weight excluding hydrogens is 222 g/mol. The van der Waals surface area contributed by atoms with E-state index in [1.165, 1.54) is 13.4 Å². The van der Waals surface area contributed by atoms with E-state index in [4.69, 9.17) is 4.42 Å². The van der Waals surface area contributed by atoms with Crippen molar-refractivity contribution in [3.8, 4) is 11.5 Å². The SMILES string of the molecule is COC(=O)C(O)c1ccc(-c2ncco2)cc1. The smallest absolute Gasteiger partial charge is 0.339 e. The molecule has 1 unspecified atom stereocenters. The van der Waals surface area contributed by atoms with Gasteiger partial charge in [0.25, 0.3) is 0 Å². The van der Waals surface area contributed by atoms with E-state index in [1.807, 2.05) is 0 Å². The summed E-state index contributed by atoms with van der Waals surface area (Å²) in [5.74, 6) is -0.196. The number of hydrogen-bond acceptors (Lipinski definition) is 5. The molecule has 2 aromatic rings. The van der Waals surface area contributed by atoms with Crippen LogP contribution < -0.4 is 0 Å². The van der Waals surface area contributed by atoms with Crippen molar-refractivity contribution < 1.29 is 19.1 Å². The summed E-state index contributed by atoms with van der Waals surface area (Å²) in [6.07, 6.45) is 1.76. The Kier molecular flexibility index (Phi) is 3.20. The second-order valence-corrected chi connectivity index (χ2v) is 3.38. The number of carbonyl (C=O) groups is 1. The Labute approximate surface area is 97.7 Å². The van der Waals surface area contributed by atoms with Crippen LogP contribution in [0.1, 0.15) is 11.7 Å². The predicted molar refractivity (Wildman–Crippen MR) is 58.9 cm³/mol. The maximum Gasteiger partial charge on any atom is 0.339 e. The summed E-state index contributed by atoms with van der Waals surface area (Å²) in [7, 11) is 1.23. The number of aliphatic hydroxyl groups excluding tert-OH is 1. The van der Waals surface area contributed by atoms with Crippen molar-refractivity contribution in [2.45, 2.75) is 6.10 Å². The standard InChI is InChI=1S/C12H11NO4/c1-16-12(15)10(14)8-2-4-9(5-3-8)11-13-6-7-17-11/h2-7,10,14H,1H3. The molecule has 0 spiro atoms. The molecule has 0 radical (unpaired) electrons. The first-order chi connectivity index (χ1) is 8.22. The zero-order valence-electron chi connectivity index (χ0n) is 9.16. The fourth-order valence-electron chi connectivity index (χ4n) is 1.42. The largest absolute Gasteiger partial charge is 0.467 e. The molecule has 0 fully saturated rings. The van der Waals surface area contributed by atoms with Gasteiger partial charge in [-0.25, -0.2) is 9.78 Å². The van der Waals surface area contributed by atoms with Gasteiger partial charge in [0.2, 0.25) is 5.89 Å². The summed E-state index contributed by atoms with van der Waals surface area (Å²) < 4.78 is 9.57. The summed E-state index contributed by atoms with van der Waals surface area (Å²) in [6.45, 7) is 0. The molecule has 5 nitrogen and oxygen atoms in total. The van der Waals surface area contributed by atoms with E-state index >= 15 is 0 Å². The van der Waals surface area contributed by atoms with Crippen molar-refractivity contribution in [2.75, 3.05) is 7.11 Å². The number of oxazole rings is 1. The van der Waals surface area contributed by atoms with Crippen LogP contribution in [-0.4, -0.2) is 23.2 Å². The molecule has 0 amide bonds. The molecule has 0 aliphatic carbocycles. The Balaban J connectivity index is 2.21. The van der Waals surface area contributed by atoms with E-state index in [0.29, 0.717) is 11.5 Å². The highest BCUT2D eigenvalue weighted by Crippen LogP contribution is 2.21. The van der Waals surface area contributed by atoms with Gasteiger partial charge in [0, 0.05) is 5.56 Å². The molecule has 5 heteroatoms. The number of carbonyl (C=O) groups excluding carboxylic acids is 1. The van der Waals surface area contributed by atoms with Gasteiger partial charge in [0.15, 0.2) is 6.10 Å². The Morgan fingerprint density at radius 2 is 2.12 bits per heavy atom. The Hall–Kier alpha value is -2.14. The van der Waals surface area contributed by atoms with Crippen molar-refractivity contribution in [1.29, 1.82) is 0 Å². The quantitative estimate of drug-likeness (QED) is 0.814. The molecule has 1 N–H and O–H groups in total. The number of esters is 1. The molecular formula is C12H11NO4. The maximum atomic E-state index is 11.1. The number of rotatable bonds is 3. The number of benzene rings is 1. The van der Waals surface area contributed by atoms with Crippen molar-refractivity contribution >= 4 is 5.97 Å². The van der Waals surface area contributed by atoms with Crippen molar-refractivity contribution in [1.82, 2.24) is 4.98 Å². The monoisotopic (exact) mass is 233 g/mol. The van der Waals surface area contributed by atoms with E-state index in [-0.39, 0.29) is 0 Å². The molecule has 1 atom stereocenters. The average molecular weight is 233 g/mol. The summed E-state index contributed by atoms with van der Waals surface area (Å²) in [5.41, 5.74) is 1.24. The van der Waals surface area contributed by atoms with E-state index in [9.17, 15) is 9.90 Å². The van der Waals surface area contributed by atoms with Gasteiger partial charge in [0.05, 0.1) is 13.3 Å². The van der Waals surface area contributed by atoms with Crippen molar-refractivity contribution in [3.63, 3.8) is 0 Å². The lowest BCUT2D eigenvalue weighted by Gasteiger charge is -2.08. The first-order valence-electron chi connectivity index (χ1n) is 4.98. The molecule has 0 bridgehead atoms. The summed E-state index contributed by atoms with van der Waals surface area (Å²) >= 11 is 0. The number of methoxy groups -OCH3 is 1. The summed E-state index contributed by atoms with van der Waals surface area (Å²) in [4.78, 5) is 15.1. The van der Waals surface area contributed by atoms with Crippen molar-refractivity contribution in [3.05, 3.63) is 42.3 Å². The minimum atomic E-state index is -1.27. The van der Waals surface area contributed by atoms with E-state index in [0.717, 1.165) is 5.56 Å². The lowest BCUT2D eigenvalue weighted by atomic mass is 10.1. The average Bonchev–Trinajstić information content (AvgIpc) is 2.91. The van der Waals surface area contributed by atoms with Crippen LogP contribution in [0.5, 0.6) is 0 Å². The highest BCUT2D eigenvalue weighted by atomic mass is 16.5. The molecule has 1 aromatic heterocycles. The zero-order valence-corrected chi connectivity index (χ0v) is 9.16. The first kappa shape index (κ1) is 11.3. The van der Waals surface area contributed by atoms with E-state index in [2.05, 4.69) is 9.72 Å². The maximum absolute atomic E-state index is 11.1. The fraction of sp³-hybridized carbons (Fsp3) is 0.167. The lowest BCUT2D eigenvalue weighted by molar-refractivity contribution is -0.150. The Bertz CT molecular complexity index is 490. The van der Waals surface area contributed by atoms with Gasteiger partial charge in [0.1, 0.15) is 6.26 Å². The zero-order chi connectivity index (χ0) is 12.3. The van der Waals surface area contributed by atoms with Gasteiger partial charge in [-0.15, -0.1) is 0 Å². The molecule has 2 rings (SSSR count). The molecule has 0 saturated heterocycles. The number of hydrogen-bond donors (Lipinski definition) is 1. The van der Waals surface area contributed by atoms with Crippen LogP contribution in [0, 0.1) is 0 Å². The van der Waals surface area contributed by atoms with Gasteiger partial charge in [-0.05, 0) is 17.7 Å². The number of nitrogens with zero attached hydrogens (tertiary/aromatic N) is 1. The van der Waals surface area contributed by atoms with Crippen LogP contribution in [0.4, 0.5) is 0 Å².